The number of carbonyl (C=O) groups excluding carboxylic acids is 1. The number of carbonyl (C=O) groups is 1. The maximum atomic E-state index is 12.3. The van der Waals surface area contributed by atoms with Crippen LogP contribution in [0, 0.1) is 0 Å². The van der Waals surface area contributed by atoms with Crippen LogP contribution in [0.5, 0.6) is 0 Å². The van der Waals surface area contributed by atoms with E-state index in [0.717, 1.165) is 17.8 Å². The third-order valence-electron chi connectivity index (χ3n) is 4.15. The first-order valence-corrected chi connectivity index (χ1v) is 7.22. The number of methoxy groups -OCH3 is 1. The van der Waals surface area contributed by atoms with Crippen molar-refractivity contribution in [1.29, 1.82) is 0 Å². The van der Waals surface area contributed by atoms with E-state index in [1.54, 1.807) is 7.11 Å². The maximum Gasteiger partial charge on any atom is 0.244 e. The summed E-state index contributed by atoms with van der Waals surface area (Å²) in [5.74, 6) is -0.0275. The SMILES string of the molecule is COC1(CNC(=O)C2CNc3ccccc3N2)CCOC1. The third kappa shape index (κ3) is 2.96. The van der Waals surface area contributed by atoms with Gasteiger partial charge in [-0.3, -0.25) is 4.79 Å². The first kappa shape index (κ1) is 14.2. The molecule has 6 nitrogen and oxygen atoms in total. The molecule has 3 N–H and O–H groups in total. The van der Waals surface area contributed by atoms with Crippen LogP contribution in [0.25, 0.3) is 0 Å². The first-order chi connectivity index (χ1) is 10.2. The summed E-state index contributed by atoms with van der Waals surface area (Å²) in [7, 11) is 1.66. The van der Waals surface area contributed by atoms with E-state index in [1.165, 1.54) is 0 Å². The first-order valence-electron chi connectivity index (χ1n) is 7.22. The lowest BCUT2D eigenvalue weighted by atomic mass is 10.0. The number of para-hydroxylation sites is 2. The van der Waals surface area contributed by atoms with Crippen LogP contribution >= 0.6 is 0 Å². The van der Waals surface area contributed by atoms with Crippen molar-refractivity contribution in [2.75, 3.05) is 44.0 Å². The summed E-state index contributed by atoms with van der Waals surface area (Å²) in [4.78, 5) is 12.3. The Kier molecular flexibility index (Phi) is 3.98. The Morgan fingerprint density at radius 3 is 3.00 bits per heavy atom. The molecule has 114 valence electrons. The smallest absolute Gasteiger partial charge is 0.244 e. The number of anilines is 2. The summed E-state index contributed by atoms with van der Waals surface area (Å²) in [6, 6.07) is 7.59. The molecule has 0 radical (unpaired) electrons. The fraction of sp³-hybridized carbons (Fsp3) is 0.533. The molecular weight excluding hydrogens is 270 g/mol. The Morgan fingerprint density at radius 2 is 2.29 bits per heavy atom. The maximum absolute atomic E-state index is 12.3. The quantitative estimate of drug-likeness (QED) is 0.766. The largest absolute Gasteiger partial charge is 0.381 e. The molecule has 1 saturated heterocycles. The average Bonchev–Trinajstić information content (AvgIpc) is 3.01. The summed E-state index contributed by atoms with van der Waals surface area (Å²) in [6.07, 6.45) is 0.808. The molecule has 1 amide bonds. The van der Waals surface area contributed by atoms with Crippen LogP contribution in [0.1, 0.15) is 6.42 Å². The van der Waals surface area contributed by atoms with E-state index in [-0.39, 0.29) is 17.6 Å². The molecule has 0 spiro atoms. The lowest BCUT2D eigenvalue weighted by molar-refractivity contribution is -0.123. The van der Waals surface area contributed by atoms with E-state index >= 15 is 0 Å². The molecular formula is C15H21N3O3. The number of hydrogen-bond acceptors (Lipinski definition) is 5. The zero-order chi connectivity index (χ0) is 14.7. The van der Waals surface area contributed by atoms with Gasteiger partial charge in [-0.25, -0.2) is 0 Å². The van der Waals surface area contributed by atoms with Gasteiger partial charge in [-0.05, 0) is 12.1 Å². The van der Waals surface area contributed by atoms with Gasteiger partial charge in [0.05, 0.1) is 18.0 Å². The summed E-state index contributed by atoms with van der Waals surface area (Å²) < 4.78 is 10.9. The number of fused-ring (bicyclic) bond motifs is 1. The molecule has 6 heteroatoms. The number of benzene rings is 1. The van der Waals surface area contributed by atoms with Crippen molar-refractivity contribution in [1.82, 2.24) is 5.32 Å². The summed E-state index contributed by atoms with van der Waals surface area (Å²) in [5, 5.41) is 9.49. The molecule has 3 rings (SSSR count). The standard InChI is InChI=1S/C15H21N3O3/c1-20-15(6-7-21-10-15)9-17-14(19)13-8-16-11-4-2-3-5-12(11)18-13/h2-5,13,16,18H,6-10H2,1H3,(H,17,19). The highest BCUT2D eigenvalue weighted by Crippen LogP contribution is 2.25. The minimum atomic E-state index is -0.379. The van der Waals surface area contributed by atoms with Gasteiger partial charge >= 0.3 is 0 Å². The Hall–Kier alpha value is -1.79. The molecule has 0 aliphatic carbocycles. The highest BCUT2D eigenvalue weighted by atomic mass is 16.5. The minimum absolute atomic E-state index is 0.0275. The number of ether oxygens (including phenoxy) is 2. The van der Waals surface area contributed by atoms with E-state index in [4.69, 9.17) is 9.47 Å². The molecule has 21 heavy (non-hydrogen) atoms. The Balaban J connectivity index is 1.57. The van der Waals surface area contributed by atoms with E-state index in [0.29, 0.717) is 26.3 Å². The van der Waals surface area contributed by atoms with E-state index in [2.05, 4.69) is 16.0 Å². The molecule has 1 fully saturated rings. The predicted octanol–water partition coefficient (Wildman–Crippen LogP) is 0.814. The molecule has 2 unspecified atom stereocenters. The van der Waals surface area contributed by atoms with Gasteiger partial charge in [0, 0.05) is 33.2 Å². The van der Waals surface area contributed by atoms with Gasteiger partial charge in [-0.2, -0.15) is 0 Å². The fourth-order valence-corrected chi connectivity index (χ4v) is 2.70. The number of nitrogens with one attached hydrogen (secondary N) is 3. The summed E-state index contributed by atoms with van der Waals surface area (Å²) in [6.45, 7) is 2.25. The van der Waals surface area contributed by atoms with Gasteiger partial charge < -0.3 is 25.4 Å². The van der Waals surface area contributed by atoms with Crippen LogP contribution in [0.15, 0.2) is 24.3 Å². The van der Waals surface area contributed by atoms with Crippen molar-refractivity contribution in [3.63, 3.8) is 0 Å². The van der Waals surface area contributed by atoms with Gasteiger partial charge in [0.25, 0.3) is 0 Å². The molecule has 0 aromatic heterocycles. The molecule has 0 saturated carbocycles. The second-order valence-corrected chi connectivity index (χ2v) is 5.53. The normalized spacial score (nSPS) is 27.4. The van der Waals surface area contributed by atoms with Gasteiger partial charge in [0.15, 0.2) is 0 Å². The van der Waals surface area contributed by atoms with E-state index in [1.807, 2.05) is 24.3 Å². The lowest BCUT2D eigenvalue weighted by Crippen LogP contribution is -2.51. The second kappa shape index (κ2) is 5.91. The lowest BCUT2D eigenvalue weighted by Gasteiger charge is -2.30. The van der Waals surface area contributed by atoms with Crippen molar-refractivity contribution < 1.29 is 14.3 Å². The molecule has 1 aromatic rings. The van der Waals surface area contributed by atoms with E-state index in [9.17, 15) is 4.79 Å². The van der Waals surface area contributed by atoms with Gasteiger partial charge in [0.2, 0.25) is 5.91 Å². The Labute approximate surface area is 124 Å². The van der Waals surface area contributed by atoms with Crippen LogP contribution in [-0.4, -0.2) is 51.0 Å². The Morgan fingerprint density at radius 1 is 1.48 bits per heavy atom. The van der Waals surface area contributed by atoms with Crippen LogP contribution < -0.4 is 16.0 Å². The highest BCUT2D eigenvalue weighted by molar-refractivity contribution is 5.88. The van der Waals surface area contributed by atoms with Gasteiger partial charge in [0.1, 0.15) is 11.6 Å². The van der Waals surface area contributed by atoms with Crippen LogP contribution in [-0.2, 0) is 14.3 Å². The van der Waals surface area contributed by atoms with Crippen molar-refractivity contribution >= 4 is 17.3 Å². The zero-order valence-corrected chi connectivity index (χ0v) is 12.1. The van der Waals surface area contributed by atoms with Crippen LogP contribution in [0.2, 0.25) is 0 Å². The number of hydrogen-bond donors (Lipinski definition) is 3. The van der Waals surface area contributed by atoms with Gasteiger partial charge in [-0.15, -0.1) is 0 Å². The molecule has 2 heterocycles. The number of rotatable bonds is 4. The van der Waals surface area contributed by atoms with Crippen molar-refractivity contribution in [2.45, 2.75) is 18.1 Å². The summed E-state index contributed by atoms with van der Waals surface area (Å²) in [5.41, 5.74) is 1.60. The van der Waals surface area contributed by atoms with Crippen molar-refractivity contribution in [3.8, 4) is 0 Å². The van der Waals surface area contributed by atoms with E-state index < -0.39 is 0 Å². The third-order valence-corrected chi connectivity index (χ3v) is 4.15. The monoisotopic (exact) mass is 291 g/mol. The predicted molar refractivity (Wildman–Crippen MR) is 80.5 cm³/mol. The highest BCUT2D eigenvalue weighted by Gasteiger charge is 2.36. The molecule has 2 aliphatic heterocycles. The minimum Gasteiger partial charge on any atom is -0.381 e. The topological polar surface area (TPSA) is 71.6 Å². The summed E-state index contributed by atoms with van der Waals surface area (Å²) >= 11 is 0. The molecule has 2 atom stereocenters. The van der Waals surface area contributed by atoms with Crippen LogP contribution in [0.4, 0.5) is 11.4 Å². The molecule has 0 bridgehead atoms. The average molecular weight is 291 g/mol. The van der Waals surface area contributed by atoms with Gasteiger partial charge in [-0.1, -0.05) is 12.1 Å². The van der Waals surface area contributed by atoms with Crippen LogP contribution in [0.3, 0.4) is 0 Å². The fourth-order valence-electron chi connectivity index (χ4n) is 2.70. The van der Waals surface area contributed by atoms with Crippen molar-refractivity contribution in [3.05, 3.63) is 24.3 Å². The van der Waals surface area contributed by atoms with Crippen molar-refractivity contribution in [2.24, 2.45) is 0 Å². The molecule has 1 aromatic carbocycles. The zero-order valence-electron chi connectivity index (χ0n) is 12.1. The second-order valence-electron chi connectivity index (χ2n) is 5.53. The Bertz CT molecular complexity index is 515. The molecule has 2 aliphatic rings. The number of amides is 1.